The maximum atomic E-state index is 5.26. The number of hydrogen-bond donors (Lipinski definition) is 0. The van der Waals surface area contributed by atoms with Crippen molar-refractivity contribution in [3.05, 3.63) is 18.0 Å². The van der Waals surface area contributed by atoms with Crippen molar-refractivity contribution in [2.75, 3.05) is 13.2 Å². The monoisotopic (exact) mass is 152 g/mol. The molecule has 0 N–H and O–H groups in total. The van der Waals surface area contributed by atoms with E-state index >= 15 is 0 Å². The summed E-state index contributed by atoms with van der Waals surface area (Å²) in [6.07, 6.45) is 3.12. The molecule has 3 heteroatoms. The lowest BCUT2D eigenvalue weighted by Crippen LogP contribution is -2.08. The standard InChI is InChI=1S/C8H12N2O/c1-7-2-4-10(9-7)8-3-5-11-6-8/h2,4,8H,3,5-6H2,1H3/t8-/m1/s1. The first-order valence-corrected chi connectivity index (χ1v) is 3.96. The molecule has 0 unspecified atom stereocenters. The van der Waals surface area contributed by atoms with Crippen LogP contribution in [0, 0.1) is 6.92 Å². The zero-order chi connectivity index (χ0) is 7.68. The van der Waals surface area contributed by atoms with Crippen molar-refractivity contribution in [2.45, 2.75) is 19.4 Å². The predicted octanol–water partition coefficient (Wildman–Crippen LogP) is 1.15. The summed E-state index contributed by atoms with van der Waals surface area (Å²) in [5, 5.41) is 4.33. The second kappa shape index (κ2) is 2.66. The summed E-state index contributed by atoms with van der Waals surface area (Å²) in [4.78, 5) is 0. The van der Waals surface area contributed by atoms with Gasteiger partial charge < -0.3 is 4.74 Å². The van der Waals surface area contributed by atoms with Gasteiger partial charge in [-0.05, 0) is 19.4 Å². The van der Waals surface area contributed by atoms with E-state index in [1.54, 1.807) is 0 Å². The molecule has 1 atom stereocenters. The van der Waals surface area contributed by atoms with Gasteiger partial charge in [-0.2, -0.15) is 5.10 Å². The molecule has 11 heavy (non-hydrogen) atoms. The highest BCUT2D eigenvalue weighted by atomic mass is 16.5. The van der Waals surface area contributed by atoms with Gasteiger partial charge in [0.1, 0.15) is 0 Å². The third-order valence-corrected chi connectivity index (χ3v) is 2.02. The van der Waals surface area contributed by atoms with Crippen LogP contribution in [0.25, 0.3) is 0 Å². The van der Waals surface area contributed by atoms with Crippen LogP contribution in [0.5, 0.6) is 0 Å². The molecule has 2 heterocycles. The third kappa shape index (κ3) is 1.28. The first-order valence-electron chi connectivity index (χ1n) is 3.96. The Labute approximate surface area is 66.0 Å². The van der Waals surface area contributed by atoms with E-state index < -0.39 is 0 Å². The number of nitrogens with zero attached hydrogens (tertiary/aromatic N) is 2. The molecule has 0 aromatic carbocycles. The second-order valence-electron chi connectivity index (χ2n) is 2.95. The molecule has 1 aromatic rings. The van der Waals surface area contributed by atoms with Crippen LogP contribution in [-0.2, 0) is 4.74 Å². The molecule has 2 rings (SSSR count). The summed E-state index contributed by atoms with van der Waals surface area (Å²) < 4.78 is 7.26. The van der Waals surface area contributed by atoms with Gasteiger partial charge in [-0.1, -0.05) is 0 Å². The van der Waals surface area contributed by atoms with E-state index in [2.05, 4.69) is 5.10 Å². The van der Waals surface area contributed by atoms with Crippen LogP contribution in [0.15, 0.2) is 12.3 Å². The van der Waals surface area contributed by atoms with E-state index in [1.807, 2.05) is 23.9 Å². The quantitative estimate of drug-likeness (QED) is 0.603. The molecule has 1 fully saturated rings. The first kappa shape index (κ1) is 6.85. The molecular weight excluding hydrogens is 140 g/mol. The summed E-state index contributed by atoms with van der Waals surface area (Å²) in [6.45, 7) is 3.71. The molecule has 1 aliphatic heterocycles. The van der Waals surface area contributed by atoms with Crippen LogP contribution in [0.3, 0.4) is 0 Å². The minimum Gasteiger partial charge on any atom is -0.379 e. The first-order chi connectivity index (χ1) is 5.36. The Morgan fingerprint density at radius 3 is 3.18 bits per heavy atom. The summed E-state index contributed by atoms with van der Waals surface area (Å²) in [5.74, 6) is 0. The van der Waals surface area contributed by atoms with E-state index in [0.717, 1.165) is 25.3 Å². The van der Waals surface area contributed by atoms with Crippen molar-refractivity contribution >= 4 is 0 Å². The average molecular weight is 152 g/mol. The van der Waals surface area contributed by atoms with Gasteiger partial charge in [0.05, 0.1) is 18.3 Å². The number of hydrogen-bond acceptors (Lipinski definition) is 2. The largest absolute Gasteiger partial charge is 0.379 e. The lowest BCUT2D eigenvalue weighted by atomic mass is 10.3. The maximum absolute atomic E-state index is 5.26. The van der Waals surface area contributed by atoms with Gasteiger partial charge in [-0.25, -0.2) is 0 Å². The van der Waals surface area contributed by atoms with Gasteiger partial charge in [-0.15, -0.1) is 0 Å². The zero-order valence-electron chi connectivity index (χ0n) is 6.66. The summed E-state index contributed by atoms with van der Waals surface area (Å²) >= 11 is 0. The van der Waals surface area contributed by atoms with Crippen LogP contribution in [0.2, 0.25) is 0 Å². The molecule has 0 amide bonds. The molecular formula is C8H12N2O. The Bertz CT molecular complexity index is 238. The van der Waals surface area contributed by atoms with E-state index in [0.29, 0.717) is 6.04 Å². The van der Waals surface area contributed by atoms with Crippen molar-refractivity contribution in [3.63, 3.8) is 0 Å². The summed E-state index contributed by atoms with van der Waals surface area (Å²) in [6, 6.07) is 2.50. The molecule has 1 aliphatic rings. The predicted molar refractivity (Wildman–Crippen MR) is 41.4 cm³/mol. The van der Waals surface area contributed by atoms with E-state index in [9.17, 15) is 0 Å². The van der Waals surface area contributed by atoms with Crippen molar-refractivity contribution < 1.29 is 4.74 Å². The molecule has 0 spiro atoms. The Kier molecular flexibility index (Phi) is 1.66. The van der Waals surface area contributed by atoms with Gasteiger partial charge in [0.25, 0.3) is 0 Å². The summed E-state index contributed by atoms with van der Waals surface area (Å²) in [7, 11) is 0. The molecule has 1 aromatic heterocycles. The fourth-order valence-electron chi connectivity index (χ4n) is 1.37. The van der Waals surface area contributed by atoms with E-state index in [-0.39, 0.29) is 0 Å². The fraction of sp³-hybridized carbons (Fsp3) is 0.625. The minimum absolute atomic E-state index is 0.476. The molecule has 60 valence electrons. The lowest BCUT2D eigenvalue weighted by Gasteiger charge is -2.06. The molecule has 1 saturated heterocycles. The van der Waals surface area contributed by atoms with Crippen molar-refractivity contribution in [1.82, 2.24) is 9.78 Å². The molecule has 0 bridgehead atoms. The number of aryl methyl sites for hydroxylation is 1. The number of aromatic nitrogens is 2. The number of ether oxygens (including phenoxy) is 1. The molecule has 0 aliphatic carbocycles. The van der Waals surface area contributed by atoms with Crippen molar-refractivity contribution in [1.29, 1.82) is 0 Å². The van der Waals surface area contributed by atoms with Gasteiger partial charge >= 0.3 is 0 Å². The molecule has 0 radical (unpaired) electrons. The SMILES string of the molecule is Cc1ccn([C@@H]2CCOC2)n1. The van der Waals surface area contributed by atoms with Gasteiger partial charge in [-0.3, -0.25) is 4.68 Å². The minimum atomic E-state index is 0.476. The topological polar surface area (TPSA) is 27.1 Å². The van der Waals surface area contributed by atoms with Gasteiger partial charge in [0.15, 0.2) is 0 Å². The smallest absolute Gasteiger partial charge is 0.0774 e. The van der Waals surface area contributed by atoms with Crippen molar-refractivity contribution in [2.24, 2.45) is 0 Å². The van der Waals surface area contributed by atoms with Crippen LogP contribution in [-0.4, -0.2) is 23.0 Å². The van der Waals surface area contributed by atoms with Crippen LogP contribution >= 0.6 is 0 Å². The molecule has 0 saturated carbocycles. The zero-order valence-corrected chi connectivity index (χ0v) is 6.66. The van der Waals surface area contributed by atoms with Crippen LogP contribution in [0.4, 0.5) is 0 Å². The normalized spacial score (nSPS) is 24.3. The highest BCUT2D eigenvalue weighted by Gasteiger charge is 2.17. The van der Waals surface area contributed by atoms with E-state index in [1.165, 1.54) is 0 Å². The van der Waals surface area contributed by atoms with Gasteiger partial charge in [0.2, 0.25) is 0 Å². The Morgan fingerprint density at radius 2 is 2.64 bits per heavy atom. The number of rotatable bonds is 1. The summed E-state index contributed by atoms with van der Waals surface area (Å²) in [5.41, 5.74) is 1.08. The highest BCUT2D eigenvalue weighted by Crippen LogP contribution is 2.17. The molecule has 3 nitrogen and oxygen atoms in total. The second-order valence-corrected chi connectivity index (χ2v) is 2.95. The maximum Gasteiger partial charge on any atom is 0.0774 e. The Hall–Kier alpha value is -0.830. The Balaban J connectivity index is 2.15. The lowest BCUT2D eigenvalue weighted by molar-refractivity contribution is 0.184. The average Bonchev–Trinajstić information content (AvgIpc) is 2.55. The third-order valence-electron chi connectivity index (χ3n) is 2.02. The van der Waals surface area contributed by atoms with Crippen LogP contribution < -0.4 is 0 Å². The van der Waals surface area contributed by atoms with Crippen LogP contribution in [0.1, 0.15) is 18.2 Å². The van der Waals surface area contributed by atoms with E-state index in [4.69, 9.17) is 4.74 Å². The highest BCUT2D eigenvalue weighted by molar-refractivity contribution is 4.96. The van der Waals surface area contributed by atoms with Gasteiger partial charge in [0, 0.05) is 12.8 Å². The fourth-order valence-corrected chi connectivity index (χ4v) is 1.37. The Morgan fingerprint density at radius 1 is 1.73 bits per heavy atom. The van der Waals surface area contributed by atoms with Crippen molar-refractivity contribution in [3.8, 4) is 0 Å².